The first-order chi connectivity index (χ1) is 13.0. The summed E-state index contributed by atoms with van der Waals surface area (Å²) >= 11 is 5.89. The molecule has 1 fully saturated rings. The average Bonchev–Trinajstić information content (AvgIpc) is 3.10. The van der Waals surface area contributed by atoms with Crippen molar-refractivity contribution < 1.29 is 23.6 Å². The second-order valence-electron chi connectivity index (χ2n) is 6.39. The Balaban J connectivity index is 1.44. The third-order valence-electron chi connectivity index (χ3n) is 4.25. The molecule has 0 aliphatic carbocycles. The van der Waals surface area contributed by atoms with Gasteiger partial charge in [-0.25, -0.2) is 4.39 Å². The Kier molecular flexibility index (Phi) is 6.65. The first-order valence-electron chi connectivity index (χ1n) is 8.73. The number of rotatable bonds is 7. The van der Waals surface area contributed by atoms with Gasteiger partial charge in [0, 0.05) is 25.7 Å². The molecule has 0 saturated carbocycles. The van der Waals surface area contributed by atoms with E-state index in [1.165, 1.54) is 18.2 Å². The maximum Gasteiger partial charge on any atom is 0.273 e. The lowest BCUT2D eigenvalue weighted by Gasteiger charge is -2.29. The molecule has 7 nitrogen and oxygen atoms in total. The van der Waals surface area contributed by atoms with Crippen LogP contribution in [0.3, 0.4) is 0 Å². The molecule has 1 saturated heterocycles. The minimum atomic E-state index is -0.454. The number of aliphatic hydroxyl groups is 1. The van der Waals surface area contributed by atoms with E-state index < -0.39 is 5.82 Å². The Bertz CT molecular complexity index is 786. The Labute approximate surface area is 161 Å². The van der Waals surface area contributed by atoms with Crippen LogP contribution in [0.5, 0.6) is 5.75 Å². The van der Waals surface area contributed by atoms with E-state index in [-0.39, 0.29) is 29.3 Å². The van der Waals surface area contributed by atoms with Gasteiger partial charge in [-0.3, -0.25) is 9.69 Å². The third kappa shape index (κ3) is 5.66. The van der Waals surface area contributed by atoms with Gasteiger partial charge in [0.2, 0.25) is 0 Å². The SMILES string of the molecule is O=C(NCCN1CCC[C@@H](O)C1)c1cc(COc2ccc(F)cc2Cl)on1. The molecule has 1 atom stereocenters. The maximum atomic E-state index is 13.0. The number of carbonyl (C=O) groups excluding carboxylic acids is 1. The number of likely N-dealkylation sites (tertiary alicyclic amines) is 1. The molecule has 1 aromatic heterocycles. The molecule has 1 aliphatic rings. The fraction of sp³-hybridized carbons (Fsp3) is 0.444. The summed E-state index contributed by atoms with van der Waals surface area (Å²) in [6, 6.07) is 5.29. The predicted octanol–water partition coefficient (Wildman–Crippen LogP) is 2.23. The van der Waals surface area contributed by atoms with E-state index in [4.69, 9.17) is 20.9 Å². The number of carbonyl (C=O) groups is 1. The Morgan fingerprint density at radius 1 is 1.48 bits per heavy atom. The van der Waals surface area contributed by atoms with E-state index in [9.17, 15) is 14.3 Å². The van der Waals surface area contributed by atoms with Gasteiger partial charge in [0.1, 0.15) is 18.2 Å². The highest BCUT2D eigenvalue weighted by atomic mass is 35.5. The lowest BCUT2D eigenvalue weighted by atomic mass is 10.1. The second-order valence-corrected chi connectivity index (χ2v) is 6.80. The van der Waals surface area contributed by atoms with E-state index in [1.54, 1.807) is 0 Å². The average molecular weight is 398 g/mol. The number of nitrogens with zero attached hydrogens (tertiary/aromatic N) is 2. The number of aliphatic hydroxyl groups excluding tert-OH is 1. The van der Waals surface area contributed by atoms with E-state index in [2.05, 4.69) is 15.4 Å². The minimum Gasteiger partial charge on any atom is -0.484 e. The number of hydrogen-bond donors (Lipinski definition) is 2. The Hall–Kier alpha value is -2.16. The zero-order valence-corrected chi connectivity index (χ0v) is 15.4. The van der Waals surface area contributed by atoms with Crippen LogP contribution in [-0.4, -0.2) is 53.4 Å². The van der Waals surface area contributed by atoms with Gasteiger partial charge in [-0.2, -0.15) is 0 Å². The van der Waals surface area contributed by atoms with Crippen molar-refractivity contribution >= 4 is 17.5 Å². The van der Waals surface area contributed by atoms with E-state index in [0.717, 1.165) is 25.5 Å². The molecular weight excluding hydrogens is 377 g/mol. The zero-order valence-electron chi connectivity index (χ0n) is 14.7. The van der Waals surface area contributed by atoms with Crippen molar-refractivity contribution in [3.05, 3.63) is 46.6 Å². The molecule has 1 amide bonds. The van der Waals surface area contributed by atoms with E-state index in [0.29, 0.717) is 31.1 Å². The highest BCUT2D eigenvalue weighted by Gasteiger charge is 2.18. The number of halogens is 2. The van der Waals surface area contributed by atoms with Crippen LogP contribution in [0.1, 0.15) is 29.1 Å². The van der Waals surface area contributed by atoms with Gasteiger partial charge >= 0.3 is 0 Å². The lowest BCUT2D eigenvalue weighted by molar-refractivity contribution is 0.0702. The van der Waals surface area contributed by atoms with Crippen molar-refractivity contribution in [2.75, 3.05) is 26.2 Å². The molecule has 9 heteroatoms. The normalized spacial score (nSPS) is 17.7. The molecular formula is C18H21ClFN3O4. The zero-order chi connectivity index (χ0) is 19.2. The van der Waals surface area contributed by atoms with Gasteiger partial charge in [-0.15, -0.1) is 0 Å². The van der Waals surface area contributed by atoms with Crippen LogP contribution in [0.4, 0.5) is 4.39 Å². The van der Waals surface area contributed by atoms with Crippen molar-refractivity contribution in [2.45, 2.75) is 25.6 Å². The van der Waals surface area contributed by atoms with Crippen LogP contribution in [0.15, 0.2) is 28.8 Å². The number of nitrogens with one attached hydrogen (secondary N) is 1. The summed E-state index contributed by atoms with van der Waals surface area (Å²) < 4.78 is 23.5. The number of ether oxygens (including phenoxy) is 1. The van der Waals surface area contributed by atoms with Crippen molar-refractivity contribution in [3.63, 3.8) is 0 Å². The molecule has 2 N–H and O–H groups in total. The van der Waals surface area contributed by atoms with Crippen molar-refractivity contribution in [1.82, 2.24) is 15.4 Å². The first kappa shape index (κ1) is 19.6. The molecule has 0 bridgehead atoms. The summed E-state index contributed by atoms with van der Waals surface area (Å²) in [4.78, 5) is 14.2. The van der Waals surface area contributed by atoms with Crippen LogP contribution in [0.25, 0.3) is 0 Å². The van der Waals surface area contributed by atoms with Crippen LogP contribution in [0, 0.1) is 5.82 Å². The molecule has 3 rings (SSSR count). The van der Waals surface area contributed by atoms with Crippen LogP contribution >= 0.6 is 11.6 Å². The predicted molar refractivity (Wildman–Crippen MR) is 96.3 cm³/mol. The lowest BCUT2D eigenvalue weighted by Crippen LogP contribution is -2.42. The molecule has 1 aliphatic heterocycles. The van der Waals surface area contributed by atoms with E-state index in [1.807, 2.05) is 0 Å². The molecule has 2 heterocycles. The maximum absolute atomic E-state index is 13.0. The van der Waals surface area contributed by atoms with Gasteiger partial charge in [0.15, 0.2) is 11.5 Å². The summed E-state index contributed by atoms with van der Waals surface area (Å²) in [7, 11) is 0. The van der Waals surface area contributed by atoms with Crippen molar-refractivity contribution in [2.24, 2.45) is 0 Å². The Morgan fingerprint density at radius 3 is 3.11 bits per heavy atom. The number of aromatic nitrogens is 1. The monoisotopic (exact) mass is 397 g/mol. The summed E-state index contributed by atoms with van der Waals surface area (Å²) in [5, 5.41) is 16.3. The van der Waals surface area contributed by atoms with Crippen molar-refractivity contribution in [1.29, 1.82) is 0 Å². The summed E-state index contributed by atoms with van der Waals surface area (Å²) in [6.45, 7) is 2.68. The summed E-state index contributed by atoms with van der Waals surface area (Å²) in [6.07, 6.45) is 1.50. The topological polar surface area (TPSA) is 87.8 Å². The quantitative estimate of drug-likeness (QED) is 0.745. The smallest absolute Gasteiger partial charge is 0.273 e. The molecule has 27 heavy (non-hydrogen) atoms. The standard InChI is InChI=1S/C18H21ClFN3O4/c19-15-8-12(20)3-4-17(15)26-11-14-9-16(22-27-14)18(25)21-5-7-23-6-1-2-13(24)10-23/h3-4,8-9,13,24H,1-2,5-7,10-11H2,(H,21,25)/t13-/m1/s1. The number of benzene rings is 1. The van der Waals surface area contributed by atoms with Crippen LogP contribution < -0.4 is 10.1 Å². The summed E-state index contributed by atoms with van der Waals surface area (Å²) in [5.41, 5.74) is 0.150. The van der Waals surface area contributed by atoms with Gasteiger partial charge in [-0.1, -0.05) is 16.8 Å². The van der Waals surface area contributed by atoms with E-state index >= 15 is 0 Å². The van der Waals surface area contributed by atoms with Crippen LogP contribution in [-0.2, 0) is 6.61 Å². The van der Waals surface area contributed by atoms with Gasteiger partial charge in [0.05, 0.1) is 11.1 Å². The molecule has 0 radical (unpaired) electrons. The van der Waals surface area contributed by atoms with Gasteiger partial charge in [-0.05, 0) is 37.6 Å². The number of β-amino-alcohol motifs (C(OH)–C–C–N with tert-alkyl or cyclic N) is 1. The number of piperidine rings is 1. The van der Waals surface area contributed by atoms with Crippen LogP contribution in [0.2, 0.25) is 5.02 Å². The third-order valence-corrected chi connectivity index (χ3v) is 4.55. The molecule has 1 aromatic carbocycles. The first-order valence-corrected chi connectivity index (χ1v) is 9.11. The molecule has 2 aromatic rings. The van der Waals surface area contributed by atoms with Crippen molar-refractivity contribution in [3.8, 4) is 5.75 Å². The minimum absolute atomic E-state index is 0.0112. The largest absolute Gasteiger partial charge is 0.484 e. The van der Waals surface area contributed by atoms with Gasteiger partial charge in [0.25, 0.3) is 5.91 Å². The highest BCUT2D eigenvalue weighted by molar-refractivity contribution is 6.32. The highest BCUT2D eigenvalue weighted by Crippen LogP contribution is 2.25. The fourth-order valence-corrected chi connectivity index (χ4v) is 3.10. The second kappa shape index (κ2) is 9.16. The molecule has 0 spiro atoms. The molecule has 0 unspecified atom stereocenters. The Morgan fingerprint density at radius 2 is 2.33 bits per heavy atom. The number of amides is 1. The fourth-order valence-electron chi connectivity index (χ4n) is 2.88. The summed E-state index contributed by atoms with van der Waals surface area (Å²) in [5.74, 6) is -0.142. The molecule has 146 valence electrons. The van der Waals surface area contributed by atoms with Gasteiger partial charge < -0.3 is 19.7 Å². The number of hydrogen-bond acceptors (Lipinski definition) is 6.